The first-order chi connectivity index (χ1) is 12.1. The summed E-state index contributed by atoms with van der Waals surface area (Å²) < 4.78 is 5.22. The second kappa shape index (κ2) is 9.69. The minimum atomic E-state index is -0.324. The second-order valence-electron chi connectivity index (χ2n) is 5.49. The number of amides is 2. The standard InChI is InChI=1S/C19H21ClN2O3/c1-25-17-5-3-2-4-15(17)13-22-19(24)12-18(23)21-11-10-14-6-8-16(20)9-7-14/h2-9H,10-13H2,1H3,(H,21,23)(H,22,24). The quantitative estimate of drug-likeness (QED) is 0.711. The van der Waals surface area contributed by atoms with Crippen LogP contribution in [0.15, 0.2) is 48.5 Å². The number of para-hydroxylation sites is 1. The van der Waals surface area contributed by atoms with Gasteiger partial charge in [0.15, 0.2) is 0 Å². The number of carbonyl (C=O) groups is 2. The zero-order valence-corrected chi connectivity index (χ0v) is 14.8. The van der Waals surface area contributed by atoms with E-state index in [4.69, 9.17) is 16.3 Å². The Balaban J connectivity index is 1.69. The number of hydrogen-bond acceptors (Lipinski definition) is 3. The Morgan fingerprint density at radius 3 is 2.40 bits per heavy atom. The molecule has 2 rings (SSSR count). The van der Waals surface area contributed by atoms with Gasteiger partial charge >= 0.3 is 0 Å². The third kappa shape index (κ3) is 6.47. The zero-order chi connectivity index (χ0) is 18.1. The lowest BCUT2D eigenvalue weighted by Gasteiger charge is -2.10. The van der Waals surface area contributed by atoms with Gasteiger partial charge in [0.2, 0.25) is 11.8 Å². The summed E-state index contributed by atoms with van der Waals surface area (Å²) in [6, 6.07) is 14.9. The summed E-state index contributed by atoms with van der Waals surface area (Å²) in [5, 5.41) is 6.14. The molecule has 0 aliphatic rings. The van der Waals surface area contributed by atoms with E-state index in [1.54, 1.807) is 7.11 Å². The van der Waals surface area contributed by atoms with Crippen LogP contribution in [0.5, 0.6) is 5.75 Å². The lowest BCUT2D eigenvalue weighted by atomic mass is 10.1. The highest BCUT2D eigenvalue weighted by Gasteiger charge is 2.10. The van der Waals surface area contributed by atoms with Crippen LogP contribution in [-0.4, -0.2) is 25.5 Å². The SMILES string of the molecule is COc1ccccc1CNC(=O)CC(=O)NCCc1ccc(Cl)cc1. The van der Waals surface area contributed by atoms with E-state index in [9.17, 15) is 9.59 Å². The lowest BCUT2D eigenvalue weighted by Crippen LogP contribution is -2.32. The van der Waals surface area contributed by atoms with Gasteiger partial charge in [-0.2, -0.15) is 0 Å². The van der Waals surface area contributed by atoms with Gasteiger partial charge in [0.05, 0.1) is 7.11 Å². The van der Waals surface area contributed by atoms with Crippen molar-refractivity contribution in [2.24, 2.45) is 0 Å². The Hall–Kier alpha value is -2.53. The van der Waals surface area contributed by atoms with Gasteiger partial charge in [0.1, 0.15) is 12.2 Å². The van der Waals surface area contributed by atoms with Gasteiger partial charge in [-0.15, -0.1) is 0 Å². The fraction of sp³-hybridized carbons (Fsp3) is 0.263. The van der Waals surface area contributed by atoms with Crippen molar-refractivity contribution in [2.75, 3.05) is 13.7 Å². The molecule has 0 spiro atoms. The number of ether oxygens (including phenoxy) is 1. The summed E-state index contributed by atoms with van der Waals surface area (Å²) in [6.45, 7) is 0.793. The van der Waals surface area contributed by atoms with E-state index in [1.807, 2.05) is 48.5 Å². The summed E-state index contributed by atoms with van der Waals surface area (Å²) in [7, 11) is 1.58. The maximum atomic E-state index is 11.9. The first-order valence-electron chi connectivity index (χ1n) is 7.98. The van der Waals surface area contributed by atoms with E-state index in [-0.39, 0.29) is 18.2 Å². The zero-order valence-electron chi connectivity index (χ0n) is 14.0. The van der Waals surface area contributed by atoms with Crippen molar-refractivity contribution >= 4 is 23.4 Å². The molecule has 0 saturated heterocycles. The number of nitrogens with one attached hydrogen (secondary N) is 2. The summed E-state index contributed by atoms with van der Waals surface area (Å²) in [6.07, 6.45) is 0.488. The predicted octanol–water partition coefficient (Wildman–Crippen LogP) is 2.71. The first kappa shape index (κ1) is 18.8. The predicted molar refractivity (Wildman–Crippen MR) is 97.6 cm³/mol. The van der Waals surface area contributed by atoms with Gasteiger partial charge in [0.25, 0.3) is 0 Å². The number of carbonyl (C=O) groups excluding carboxylic acids is 2. The minimum absolute atomic E-state index is 0.199. The van der Waals surface area contributed by atoms with Crippen LogP contribution in [0.2, 0.25) is 5.02 Å². The monoisotopic (exact) mass is 360 g/mol. The Morgan fingerprint density at radius 2 is 1.68 bits per heavy atom. The molecule has 0 radical (unpaired) electrons. The van der Waals surface area contributed by atoms with Gasteiger partial charge in [-0.1, -0.05) is 41.9 Å². The van der Waals surface area contributed by atoms with E-state index < -0.39 is 0 Å². The van der Waals surface area contributed by atoms with Gasteiger partial charge < -0.3 is 15.4 Å². The van der Waals surface area contributed by atoms with Crippen molar-refractivity contribution in [1.29, 1.82) is 0 Å². The molecule has 0 saturated carbocycles. The van der Waals surface area contributed by atoms with E-state index in [0.29, 0.717) is 30.3 Å². The fourth-order valence-corrected chi connectivity index (χ4v) is 2.44. The Labute approximate surface area is 152 Å². The highest BCUT2D eigenvalue weighted by atomic mass is 35.5. The van der Waals surface area contributed by atoms with Gasteiger partial charge in [0, 0.05) is 23.7 Å². The molecule has 2 aromatic carbocycles. The second-order valence-corrected chi connectivity index (χ2v) is 5.93. The molecule has 2 amide bonds. The van der Waals surface area contributed by atoms with E-state index in [0.717, 1.165) is 11.1 Å². The molecule has 0 heterocycles. The van der Waals surface area contributed by atoms with Crippen LogP contribution in [-0.2, 0) is 22.6 Å². The molecule has 2 aromatic rings. The van der Waals surface area contributed by atoms with Crippen LogP contribution < -0.4 is 15.4 Å². The van der Waals surface area contributed by atoms with Gasteiger partial charge in [-0.25, -0.2) is 0 Å². The van der Waals surface area contributed by atoms with Gasteiger partial charge in [-0.3, -0.25) is 9.59 Å². The molecule has 2 N–H and O–H groups in total. The average Bonchev–Trinajstić information content (AvgIpc) is 2.62. The molecule has 0 aromatic heterocycles. The average molecular weight is 361 g/mol. The summed E-state index contributed by atoms with van der Waals surface area (Å²) in [5.41, 5.74) is 1.94. The van der Waals surface area contributed by atoms with Crippen LogP contribution in [0.4, 0.5) is 0 Å². The minimum Gasteiger partial charge on any atom is -0.496 e. The molecular formula is C19H21ClN2O3. The normalized spacial score (nSPS) is 10.2. The highest BCUT2D eigenvalue weighted by Crippen LogP contribution is 2.16. The summed E-state index contributed by atoms with van der Waals surface area (Å²) in [4.78, 5) is 23.7. The summed E-state index contributed by atoms with van der Waals surface area (Å²) in [5.74, 6) is 0.0802. The Bertz CT molecular complexity index is 717. The molecule has 25 heavy (non-hydrogen) atoms. The third-order valence-corrected chi connectivity index (χ3v) is 3.89. The van der Waals surface area contributed by atoms with E-state index in [1.165, 1.54) is 0 Å². The van der Waals surface area contributed by atoms with Gasteiger partial charge in [-0.05, 0) is 30.2 Å². The molecule has 0 fully saturated rings. The Morgan fingerprint density at radius 1 is 1.00 bits per heavy atom. The number of methoxy groups -OCH3 is 1. The number of benzene rings is 2. The molecule has 132 valence electrons. The Kier molecular flexibility index (Phi) is 7.29. The topological polar surface area (TPSA) is 67.4 Å². The molecule has 5 nitrogen and oxygen atoms in total. The molecule has 6 heteroatoms. The van der Waals surface area contributed by atoms with Crippen LogP contribution in [0.3, 0.4) is 0 Å². The molecule has 0 bridgehead atoms. The van der Waals surface area contributed by atoms with Crippen molar-refractivity contribution in [3.63, 3.8) is 0 Å². The number of hydrogen-bond donors (Lipinski definition) is 2. The largest absolute Gasteiger partial charge is 0.496 e. The molecular weight excluding hydrogens is 340 g/mol. The van der Waals surface area contributed by atoms with Crippen LogP contribution >= 0.6 is 11.6 Å². The van der Waals surface area contributed by atoms with Crippen molar-refractivity contribution in [3.8, 4) is 5.75 Å². The number of halogens is 1. The third-order valence-electron chi connectivity index (χ3n) is 3.64. The molecule has 0 unspecified atom stereocenters. The molecule has 0 atom stereocenters. The summed E-state index contributed by atoms with van der Waals surface area (Å²) >= 11 is 5.82. The van der Waals surface area contributed by atoms with Crippen molar-refractivity contribution in [3.05, 3.63) is 64.7 Å². The smallest absolute Gasteiger partial charge is 0.229 e. The van der Waals surface area contributed by atoms with E-state index in [2.05, 4.69) is 10.6 Å². The highest BCUT2D eigenvalue weighted by molar-refractivity contribution is 6.30. The first-order valence-corrected chi connectivity index (χ1v) is 8.36. The lowest BCUT2D eigenvalue weighted by molar-refractivity contribution is -0.129. The van der Waals surface area contributed by atoms with Crippen LogP contribution in [0, 0.1) is 0 Å². The van der Waals surface area contributed by atoms with Crippen LogP contribution in [0.25, 0.3) is 0 Å². The van der Waals surface area contributed by atoms with Crippen LogP contribution in [0.1, 0.15) is 17.5 Å². The maximum absolute atomic E-state index is 11.9. The number of rotatable bonds is 8. The molecule has 0 aliphatic heterocycles. The maximum Gasteiger partial charge on any atom is 0.229 e. The fourth-order valence-electron chi connectivity index (χ4n) is 2.31. The molecule has 0 aliphatic carbocycles. The van der Waals surface area contributed by atoms with Crippen molar-refractivity contribution < 1.29 is 14.3 Å². The van der Waals surface area contributed by atoms with E-state index >= 15 is 0 Å². The van der Waals surface area contributed by atoms with Crippen molar-refractivity contribution in [2.45, 2.75) is 19.4 Å². The van der Waals surface area contributed by atoms with Crippen molar-refractivity contribution in [1.82, 2.24) is 10.6 Å².